The first-order valence-electron chi connectivity index (χ1n) is 10.2. The number of unbranched alkanes of at least 4 members (excludes halogenated alkanes) is 9. The second kappa shape index (κ2) is 17.9. The molecule has 1 unspecified atom stereocenters. The van der Waals surface area contributed by atoms with Crippen LogP contribution in [0.15, 0.2) is 0 Å². The van der Waals surface area contributed by atoms with Gasteiger partial charge < -0.3 is 25.0 Å². The standard InChI is InChI=1S/C20H39NO5.Na/c1-3-4-5-6-7-8-9-10-11-12-13-20(2,19(25)26)18(24)21(14-16-22)15-17-23;/h22-23H,3-17H2,1-2H3,(H,25,26);/q;+1/p-1. The van der Waals surface area contributed by atoms with Gasteiger partial charge in [0.05, 0.1) is 24.6 Å². The molecule has 0 heterocycles. The quantitative estimate of drug-likeness (QED) is 0.184. The first kappa shape index (κ1) is 29.1. The molecule has 0 bridgehead atoms. The molecule has 0 spiro atoms. The molecule has 0 aliphatic heterocycles. The Morgan fingerprint density at radius 2 is 1.26 bits per heavy atom. The Kier molecular flexibility index (Phi) is 19.3. The summed E-state index contributed by atoms with van der Waals surface area (Å²) in [6.45, 7) is 3.08. The zero-order chi connectivity index (χ0) is 19.8. The van der Waals surface area contributed by atoms with Crippen LogP contribution in [-0.2, 0) is 9.59 Å². The van der Waals surface area contributed by atoms with Gasteiger partial charge in [-0.2, -0.15) is 0 Å². The van der Waals surface area contributed by atoms with Gasteiger partial charge in [-0.15, -0.1) is 0 Å². The van der Waals surface area contributed by atoms with Gasteiger partial charge in [0.15, 0.2) is 0 Å². The Labute approximate surface area is 187 Å². The van der Waals surface area contributed by atoms with Crippen molar-refractivity contribution in [2.24, 2.45) is 5.41 Å². The normalized spacial score (nSPS) is 12.9. The topological polar surface area (TPSA) is 101 Å². The molecule has 154 valence electrons. The predicted octanol–water partition coefficient (Wildman–Crippen LogP) is -1.13. The van der Waals surface area contributed by atoms with Gasteiger partial charge in [0, 0.05) is 13.1 Å². The molecule has 27 heavy (non-hydrogen) atoms. The zero-order valence-electron chi connectivity index (χ0n) is 17.7. The number of aliphatic carboxylic acids is 1. The van der Waals surface area contributed by atoms with Crippen LogP contribution in [0.4, 0.5) is 0 Å². The summed E-state index contributed by atoms with van der Waals surface area (Å²) < 4.78 is 0. The summed E-state index contributed by atoms with van der Waals surface area (Å²) in [5.74, 6) is -1.98. The van der Waals surface area contributed by atoms with Crippen LogP contribution in [0.25, 0.3) is 0 Å². The van der Waals surface area contributed by atoms with E-state index in [9.17, 15) is 14.7 Å². The summed E-state index contributed by atoms with van der Waals surface area (Å²) in [7, 11) is 0. The molecule has 1 atom stereocenters. The molecule has 0 rings (SSSR count). The summed E-state index contributed by atoms with van der Waals surface area (Å²) in [4.78, 5) is 25.3. The predicted molar refractivity (Wildman–Crippen MR) is 100 cm³/mol. The van der Waals surface area contributed by atoms with Crippen LogP contribution in [0.2, 0.25) is 0 Å². The molecular weight excluding hydrogens is 357 g/mol. The summed E-state index contributed by atoms with van der Waals surface area (Å²) in [5.41, 5.74) is -1.61. The van der Waals surface area contributed by atoms with Crippen LogP contribution >= 0.6 is 0 Å². The maximum absolute atomic E-state index is 12.6. The van der Waals surface area contributed by atoms with Crippen molar-refractivity contribution in [2.75, 3.05) is 26.3 Å². The van der Waals surface area contributed by atoms with E-state index in [1.807, 2.05) is 0 Å². The van der Waals surface area contributed by atoms with E-state index in [0.717, 1.165) is 19.3 Å². The van der Waals surface area contributed by atoms with Gasteiger partial charge in [-0.25, -0.2) is 0 Å². The number of carbonyl (C=O) groups excluding carboxylic acids is 2. The summed E-state index contributed by atoms with van der Waals surface area (Å²) in [6, 6.07) is 0. The van der Waals surface area contributed by atoms with Crippen molar-refractivity contribution in [3.8, 4) is 0 Å². The fraction of sp³-hybridized carbons (Fsp3) is 0.900. The van der Waals surface area contributed by atoms with Gasteiger partial charge in [-0.05, 0) is 13.3 Å². The van der Waals surface area contributed by atoms with E-state index in [0.29, 0.717) is 6.42 Å². The number of carboxylic acids is 1. The first-order chi connectivity index (χ1) is 12.4. The Hall–Kier alpha value is -0.140. The molecule has 0 fully saturated rings. The van der Waals surface area contributed by atoms with E-state index < -0.39 is 17.3 Å². The first-order valence-corrected chi connectivity index (χ1v) is 10.2. The summed E-state index contributed by atoms with van der Waals surface area (Å²) in [5, 5.41) is 29.7. The van der Waals surface area contributed by atoms with Gasteiger partial charge in [-0.3, -0.25) is 4.79 Å². The monoisotopic (exact) mass is 395 g/mol. The van der Waals surface area contributed by atoms with Crippen molar-refractivity contribution in [3.63, 3.8) is 0 Å². The van der Waals surface area contributed by atoms with Crippen LogP contribution < -0.4 is 34.7 Å². The third-order valence-electron chi connectivity index (χ3n) is 4.98. The van der Waals surface area contributed by atoms with E-state index in [4.69, 9.17) is 10.2 Å². The van der Waals surface area contributed by atoms with Crippen molar-refractivity contribution < 1.29 is 54.5 Å². The average Bonchev–Trinajstić information content (AvgIpc) is 2.62. The van der Waals surface area contributed by atoms with Crippen LogP contribution in [-0.4, -0.2) is 53.3 Å². The maximum Gasteiger partial charge on any atom is 1.00 e. The molecule has 0 aliphatic carbocycles. The molecular formula is C20H38NNaO5. The van der Waals surface area contributed by atoms with E-state index in [1.54, 1.807) is 0 Å². The van der Waals surface area contributed by atoms with Crippen LogP contribution in [0.5, 0.6) is 0 Å². The van der Waals surface area contributed by atoms with E-state index in [2.05, 4.69) is 6.92 Å². The number of aliphatic hydroxyl groups excluding tert-OH is 2. The van der Waals surface area contributed by atoms with E-state index in [1.165, 1.54) is 50.3 Å². The van der Waals surface area contributed by atoms with Gasteiger partial charge in [-0.1, -0.05) is 71.1 Å². The molecule has 0 aromatic carbocycles. The third-order valence-corrected chi connectivity index (χ3v) is 4.98. The Bertz CT molecular complexity index is 389. The largest absolute Gasteiger partial charge is 1.00 e. The fourth-order valence-electron chi connectivity index (χ4n) is 3.17. The summed E-state index contributed by atoms with van der Waals surface area (Å²) in [6.07, 6.45) is 11.6. The minimum Gasteiger partial charge on any atom is -0.549 e. The molecule has 0 radical (unpaired) electrons. The van der Waals surface area contributed by atoms with E-state index in [-0.39, 0.29) is 62.3 Å². The van der Waals surface area contributed by atoms with E-state index >= 15 is 0 Å². The molecule has 0 aliphatic rings. The smallest absolute Gasteiger partial charge is 0.549 e. The molecule has 0 saturated heterocycles. The Balaban J connectivity index is 0. The molecule has 0 aromatic heterocycles. The molecule has 2 N–H and O–H groups in total. The van der Waals surface area contributed by atoms with Crippen LogP contribution in [0.3, 0.4) is 0 Å². The zero-order valence-corrected chi connectivity index (χ0v) is 19.7. The molecule has 7 heteroatoms. The van der Waals surface area contributed by atoms with Crippen molar-refractivity contribution in [1.82, 2.24) is 4.90 Å². The number of hydrogen-bond acceptors (Lipinski definition) is 5. The SMILES string of the molecule is CCCCCCCCCCCCC(C)(C(=O)[O-])C(=O)N(CCO)CCO.[Na+]. The van der Waals surface area contributed by atoms with Gasteiger partial charge >= 0.3 is 29.6 Å². The average molecular weight is 396 g/mol. The Morgan fingerprint density at radius 3 is 1.63 bits per heavy atom. The molecule has 0 aromatic rings. The second-order valence-corrected chi connectivity index (χ2v) is 7.29. The molecule has 0 saturated carbocycles. The fourth-order valence-corrected chi connectivity index (χ4v) is 3.17. The number of nitrogens with zero attached hydrogens (tertiary/aromatic N) is 1. The van der Waals surface area contributed by atoms with Gasteiger partial charge in [0.25, 0.3) is 0 Å². The third kappa shape index (κ3) is 12.1. The number of carboxylic acid groups (broad SMARTS) is 1. The van der Waals surface area contributed by atoms with Crippen molar-refractivity contribution in [1.29, 1.82) is 0 Å². The summed E-state index contributed by atoms with van der Waals surface area (Å²) >= 11 is 0. The van der Waals surface area contributed by atoms with Gasteiger partial charge in [0.1, 0.15) is 0 Å². The minimum atomic E-state index is -1.61. The minimum absolute atomic E-state index is 0. The van der Waals surface area contributed by atoms with Crippen molar-refractivity contribution in [2.45, 2.75) is 84.5 Å². The number of aliphatic hydroxyl groups is 2. The Morgan fingerprint density at radius 1 is 0.852 bits per heavy atom. The van der Waals surface area contributed by atoms with Gasteiger partial charge in [0.2, 0.25) is 5.91 Å². The van der Waals surface area contributed by atoms with Crippen LogP contribution in [0, 0.1) is 5.41 Å². The second-order valence-electron chi connectivity index (χ2n) is 7.29. The van der Waals surface area contributed by atoms with Crippen LogP contribution in [0.1, 0.15) is 84.5 Å². The number of rotatable bonds is 17. The number of amides is 1. The number of carbonyl (C=O) groups is 2. The maximum atomic E-state index is 12.6. The van der Waals surface area contributed by atoms with Crippen molar-refractivity contribution in [3.05, 3.63) is 0 Å². The molecule has 1 amide bonds. The number of hydrogen-bond donors (Lipinski definition) is 2. The van der Waals surface area contributed by atoms with Crippen molar-refractivity contribution >= 4 is 11.9 Å². The molecule has 6 nitrogen and oxygen atoms in total.